The van der Waals surface area contributed by atoms with E-state index in [9.17, 15) is 13.5 Å². The summed E-state index contributed by atoms with van der Waals surface area (Å²) in [5, 5.41) is 11.1. The van der Waals surface area contributed by atoms with Crippen molar-refractivity contribution in [2.45, 2.75) is 25.0 Å². The minimum absolute atomic E-state index is 0.167. The maximum atomic E-state index is 12.1. The molecule has 0 aliphatic heterocycles. The van der Waals surface area contributed by atoms with Gasteiger partial charge in [0.1, 0.15) is 0 Å². The summed E-state index contributed by atoms with van der Waals surface area (Å²) >= 11 is 1.50. The Balaban J connectivity index is 2.19. The van der Waals surface area contributed by atoms with E-state index in [0.29, 0.717) is 5.56 Å². The summed E-state index contributed by atoms with van der Waals surface area (Å²) in [4.78, 5) is 1.14. The van der Waals surface area contributed by atoms with E-state index >= 15 is 0 Å². The highest BCUT2D eigenvalue weighted by atomic mass is 32.2. The van der Waals surface area contributed by atoms with E-state index in [1.807, 2.05) is 24.4 Å². The van der Waals surface area contributed by atoms with Crippen molar-refractivity contribution < 1.29 is 13.5 Å². The quantitative estimate of drug-likeness (QED) is 0.887. The molecule has 6 heteroatoms. The van der Waals surface area contributed by atoms with Gasteiger partial charge in [-0.1, -0.05) is 12.1 Å². The highest BCUT2D eigenvalue weighted by Crippen LogP contribution is 2.16. The predicted molar refractivity (Wildman–Crippen MR) is 75.4 cm³/mol. The molecule has 0 saturated heterocycles. The fourth-order valence-electron chi connectivity index (χ4n) is 1.65. The highest BCUT2D eigenvalue weighted by Gasteiger charge is 2.15. The van der Waals surface area contributed by atoms with E-state index in [2.05, 4.69) is 4.72 Å². The third-order valence-electron chi connectivity index (χ3n) is 2.82. The molecule has 1 aromatic heterocycles. The normalized spacial score (nSPS) is 11.7. The van der Waals surface area contributed by atoms with Crippen molar-refractivity contribution in [3.8, 4) is 0 Å². The molecule has 102 valence electrons. The molecule has 0 aliphatic carbocycles. The van der Waals surface area contributed by atoms with Crippen molar-refractivity contribution in [2.24, 2.45) is 0 Å². The van der Waals surface area contributed by atoms with Crippen molar-refractivity contribution in [3.05, 3.63) is 51.7 Å². The zero-order chi connectivity index (χ0) is 13.9. The zero-order valence-corrected chi connectivity index (χ0v) is 12.1. The van der Waals surface area contributed by atoms with Crippen LogP contribution < -0.4 is 4.72 Å². The molecule has 0 amide bonds. The van der Waals surface area contributed by atoms with Crippen LogP contribution in [0.2, 0.25) is 0 Å². The monoisotopic (exact) mass is 297 g/mol. The summed E-state index contributed by atoms with van der Waals surface area (Å²) in [6.07, 6.45) is 0. The number of sulfonamides is 1. The molecule has 1 heterocycles. The lowest BCUT2D eigenvalue weighted by Gasteiger charge is -2.08. The van der Waals surface area contributed by atoms with E-state index in [0.717, 1.165) is 10.4 Å². The summed E-state index contributed by atoms with van der Waals surface area (Å²) in [5.41, 5.74) is 1.50. The first-order valence-electron chi connectivity index (χ1n) is 5.75. The van der Waals surface area contributed by atoms with Crippen molar-refractivity contribution >= 4 is 21.4 Å². The van der Waals surface area contributed by atoms with E-state index < -0.39 is 10.0 Å². The molecule has 19 heavy (non-hydrogen) atoms. The lowest BCUT2D eigenvalue weighted by atomic mass is 10.1. The summed E-state index contributed by atoms with van der Waals surface area (Å²) in [6, 6.07) is 8.51. The number of aryl methyl sites for hydroxylation is 1. The summed E-state index contributed by atoms with van der Waals surface area (Å²) in [6.45, 7) is 1.95. The maximum absolute atomic E-state index is 12.1. The molecule has 4 nitrogen and oxygen atoms in total. The lowest BCUT2D eigenvalue weighted by Crippen LogP contribution is -2.23. The van der Waals surface area contributed by atoms with Crippen LogP contribution in [0.4, 0.5) is 0 Å². The number of rotatable bonds is 5. The van der Waals surface area contributed by atoms with Gasteiger partial charge in [-0.2, -0.15) is 0 Å². The van der Waals surface area contributed by atoms with Crippen LogP contribution in [-0.4, -0.2) is 13.5 Å². The summed E-state index contributed by atoms with van der Waals surface area (Å²) < 4.78 is 26.8. The number of aliphatic hydroxyl groups excluding tert-OH is 1. The number of hydrogen-bond acceptors (Lipinski definition) is 4. The van der Waals surface area contributed by atoms with Crippen LogP contribution in [0.25, 0.3) is 0 Å². The minimum atomic E-state index is -3.54. The number of hydrogen-bond donors (Lipinski definition) is 2. The molecular formula is C13H15NO3S2. The number of nitrogens with one attached hydrogen (secondary N) is 1. The topological polar surface area (TPSA) is 66.4 Å². The van der Waals surface area contributed by atoms with Gasteiger partial charge in [0, 0.05) is 11.4 Å². The second-order valence-corrected chi connectivity index (χ2v) is 6.95. The van der Waals surface area contributed by atoms with Gasteiger partial charge in [0.05, 0.1) is 11.5 Å². The standard InChI is InChI=1S/C13H15NO3S2/c1-10-4-5-13(7-11(10)9-15)19(16,17)14-8-12-3-2-6-18-12/h2-7,14-15H,8-9H2,1H3. The number of aliphatic hydroxyl groups is 1. The smallest absolute Gasteiger partial charge is 0.240 e. The van der Waals surface area contributed by atoms with E-state index in [-0.39, 0.29) is 18.0 Å². The molecule has 0 bridgehead atoms. The van der Waals surface area contributed by atoms with Crippen LogP contribution in [0, 0.1) is 6.92 Å². The van der Waals surface area contributed by atoms with Gasteiger partial charge in [-0.05, 0) is 41.6 Å². The number of benzene rings is 1. The van der Waals surface area contributed by atoms with Crippen molar-refractivity contribution in [2.75, 3.05) is 0 Å². The Morgan fingerprint density at radius 3 is 2.74 bits per heavy atom. The Hall–Kier alpha value is -1.21. The van der Waals surface area contributed by atoms with Crippen molar-refractivity contribution in [1.82, 2.24) is 4.72 Å². The van der Waals surface area contributed by atoms with Gasteiger partial charge in [0.2, 0.25) is 10.0 Å². The maximum Gasteiger partial charge on any atom is 0.240 e. The summed E-state index contributed by atoms with van der Waals surface area (Å²) in [5.74, 6) is 0. The Morgan fingerprint density at radius 2 is 2.11 bits per heavy atom. The van der Waals surface area contributed by atoms with Gasteiger partial charge in [-0.15, -0.1) is 11.3 Å². The Bertz CT molecular complexity index is 649. The molecule has 2 N–H and O–H groups in total. The molecule has 0 saturated carbocycles. The van der Waals surface area contributed by atoms with Gasteiger partial charge >= 0.3 is 0 Å². The van der Waals surface area contributed by atoms with Crippen LogP contribution >= 0.6 is 11.3 Å². The van der Waals surface area contributed by atoms with E-state index in [1.54, 1.807) is 12.1 Å². The van der Waals surface area contributed by atoms with Crippen LogP contribution in [0.1, 0.15) is 16.0 Å². The second-order valence-electron chi connectivity index (χ2n) is 4.15. The molecule has 0 spiro atoms. The average Bonchev–Trinajstić information content (AvgIpc) is 2.90. The van der Waals surface area contributed by atoms with Crippen LogP contribution in [0.3, 0.4) is 0 Å². The Labute approximate surface area is 116 Å². The SMILES string of the molecule is Cc1ccc(S(=O)(=O)NCc2cccs2)cc1CO. The third kappa shape index (κ3) is 3.42. The number of thiophene rings is 1. The molecule has 2 aromatic rings. The van der Waals surface area contributed by atoms with E-state index in [4.69, 9.17) is 0 Å². The molecule has 0 aliphatic rings. The van der Waals surface area contributed by atoms with Crippen LogP contribution in [0.5, 0.6) is 0 Å². The fourth-order valence-corrected chi connectivity index (χ4v) is 3.44. The third-order valence-corrected chi connectivity index (χ3v) is 5.09. The Kier molecular flexibility index (Phi) is 4.36. The molecule has 0 atom stereocenters. The van der Waals surface area contributed by atoms with Gasteiger partial charge in [-0.3, -0.25) is 0 Å². The Morgan fingerprint density at radius 1 is 1.32 bits per heavy atom. The second kappa shape index (κ2) is 5.83. The highest BCUT2D eigenvalue weighted by molar-refractivity contribution is 7.89. The average molecular weight is 297 g/mol. The first kappa shape index (κ1) is 14.2. The van der Waals surface area contributed by atoms with Gasteiger partial charge < -0.3 is 5.11 Å². The molecule has 2 rings (SSSR count). The minimum Gasteiger partial charge on any atom is -0.392 e. The molecule has 0 radical (unpaired) electrons. The van der Waals surface area contributed by atoms with Gasteiger partial charge in [0.25, 0.3) is 0 Å². The van der Waals surface area contributed by atoms with Crippen molar-refractivity contribution in [1.29, 1.82) is 0 Å². The predicted octanol–water partition coefficient (Wildman–Crippen LogP) is 2.03. The lowest BCUT2D eigenvalue weighted by molar-refractivity contribution is 0.280. The van der Waals surface area contributed by atoms with Gasteiger partial charge in [-0.25, -0.2) is 13.1 Å². The molecule has 1 aromatic carbocycles. The van der Waals surface area contributed by atoms with Crippen molar-refractivity contribution in [3.63, 3.8) is 0 Å². The van der Waals surface area contributed by atoms with Crippen LogP contribution in [0.15, 0.2) is 40.6 Å². The van der Waals surface area contributed by atoms with E-state index in [1.165, 1.54) is 17.4 Å². The summed E-state index contributed by atoms with van der Waals surface area (Å²) in [7, 11) is -3.54. The first-order chi connectivity index (χ1) is 9.03. The van der Waals surface area contributed by atoms with Gasteiger partial charge in [0.15, 0.2) is 0 Å². The first-order valence-corrected chi connectivity index (χ1v) is 8.11. The molecule has 0 fully saturated rings. The fraction of sp³-hybridized carbons (Fsp3) is 0.231. The van der Waals surface area contributed by atoms with Crippen LogP contribution in [-0.2, 0) is 23.2 Å². The molecule has 0 unspecified atom stereocenters. The zero-order valence-electron chi connectivity index (χ0n) is 10.5. The largest absolute Gasteiger partial charge is 0.392 e. The molecular weight excluding hydrogens is 282 g/mol.